The minimum atomic E-state index is 0.440. The molecule has 18 heavy (non-hydrogen) atoms. The minimum absolute atomic E-state index is 0.440. The molecule has 106 valence electrons. The highest BCUT2D eigenvalue weighted by Gasteiger charge is 2.26. The largest absolute Gasteiger partial charge is 0.380 e. The maximum Gasteiger partial charge on any atom is 0.0711 e. The summed E-state index contributed by atoms with van der Waals surface area (Å²) in [5, 5.41) is 3.60. The molecule has 2 aliphatic heterocycles. The van der Waals surface area contributed by atoms with Crippen LogP contribution in [0.1, 0.15) is 45.4 Å². The number of methoxy groups -OCH3 is 1. The van der Waals surface area contributed by atoms with Crippen LogP contribution in [0, 0.1) is 5.92 Å². The summed E-state index contributed by atoms with van der Waals surface area (Å²) in [4.78, 5) is 2.67. The maximum absolute atomic E-state index is 5.42. The SMILES string of the molecule is CCCC1CCCN(CC2CC(OC)CN2)CC1. The highest BCUT2D eigenvalue weighted by molar-refractivity contribution is 4.85. The normalized spacial score (nSPS) is 34.7. The minimum Gasteiger partial charge on any atom is -0.380 e. The van der Waals surface area contributed by atoms with E-state index in [4.69, 9.17) is 4.74 Å². The van der Waals surface area contributed by atoms with E-state index in [1.807, 2.05) is 7.11 Å². The number of likely N-dealkylation sites (tertiary alicyclic amines) is 1. The molecule has 3 heteroatoms. The molecule has 0 bridgehead atoms. The van der Waals surface area contributed by atoms with Crippen molar-refractivity contribution in [1.82, 2.24) is 10.2 Å². The Morgan fingerprint density at radius 1 is 1.28 bits per heavy atom. The van der Waals surface area contributed by atoms with Crippen molar-refractivity contribution in [2.45, 2.75) is 57.6 Å². The molecule has 0 aromatic carbocycles. The van der Waals surface area contributed by atoms with Gasteiger partial charge in [-0.2, -0.15) is 0 Å². The number of nitrogens with one attached hydrogen (secondary N) is 1. The smallest absolute Gasteiger partial charge is 0.0711 e. The molecule has 2 heterocycles. The molecular weight excluding hydrogens is 224 g/mol. The van der Waals surface area contributed by atoms with Crippen molar-refractivity contribution in [3.63, 3.8) is 0 Å². The average Bonchev–Trinajstić information content (AvgIpc) is 2.71. The molecule has 3 nitrogen and oxygen atoms in total. The predicted molar refractivity (Wildman–Crippen MR) is 75.9 cm³/mol. The zero-order valence-corrected chi connectivity index (χ0v) is 12.2. The summed E-state index contributed by atoms with van der Waals surface area (Å²) in [5.41, 5.74) is 0. The van der Waals surface area contributed by atoms with Gasteiger partial charge in [-0.25, -0.2) is 0 Å². The van der Waals surface area contributed by atoms with Crippen LogP contribution in [0.5, 0.6) is 0 Å². The molecule has 0 aromatic heterocycles. The number of nitrogens with zero attached hydrogens (tertiary/aromatic N) is 1. The molecule has 0 saturated carbocycles. The molecule has 3 atom stereocenters. The van der Waals surface area contributed by atoms with Crippen molar-refractivity contribution in [3.05, 3.63) is 0 Å². The summed E-state index contributed by atoms with van der Waals surface area (Å²) in [7, 11) is 1.83. The van der Waals surface area contributed by atoms with Crippen molar-refractivity contribution in [3.8, 4) is 0 Å². The second-order valence-corrected chi connectivity index (χ2v) is 6.08. The van der Waals surface area contributed by atoms with Gasteiger partial charge in [-0.3, -0.25) is 0 Å². The van der Waals surface area contributed by atoms with E-state index in [0.717, 1.165) is 12.5 Å². The van der Waals surface area contributed by atoms with Gasteiger partial charge in [0.15, 0.2) is 0 Å². The summed E-state index contributed by atoms with van der Waals surface area (Å²) in [6, 6.07) is 0.651. The lowest BCUT2D eigenvalue weighted by Crippen LogP contribution is -2.38. The van der Waals surface area contributed by atoms with Crippen LogP contribution in [0.4, 0.5) is 0 Å². The highest BCUT2D eigenvalue weighted by atomic mass is 16.5. The van der Waals surface area contributed by atoms with Gasteiger partial charge in [0.1, 0.15) is 0 Å². The number of rotatable bonds is 5. The topological polar surface area (TPSA) is 24.5 Å². The van der Waals surface area contributed by atoms with Crippen LogP contribution in [0.2, 0.25) is 0 Å². The van der Waals surface area contributed by atoms with Crippen molar-refractivity contribution >= 4 is 0 Å². The van der Waals surface area contributed by atoms with Crippen molar-refractivity contribution in [1.29, 1.82) is 0 Å². The third-order valence-electron chi connectivity index (χ3n) is 4.63. The summed E-state index contributed by atoms with van der Waals surface area (Å²) < 4.78 is 5.42. The Bertz CT molecular complexity index is 235. The molecule has 0 aliphatic carbocycles. The summed E-state index contributed by atoms with van der Waals surface area (Å²) in [6.07, 6.45) is 8.66. The molecule has 2 aliphatic rings. The lowest BCUT2D eigenvalue weighted by atomic mass is 9.96. The molecule has 0 spiro atoms. The van der Waals surface area contributed by atoms with Gasteiger partial charge in [-0.1, -0.05) is 19.8 Å². The van der Waals surface area contributed by atoms with Gasteiger partial charge in [0, 0.05) is 26.2 Å². The van der Waals surface area contributed by atoms with Gasteiger partial charge in [0.25, 0.3) is 0 Å². The van der Waals surface area contributed by atoms with Crippen molar-refractivity contribution < 1.29 is 4.74 Å². The van der Waals surface area contributed by atoms with Gasteiger partial charge in [0.2, 0.25) is 0 Å². The molecule has 0 aromatic rings. The first-order valence-corrected chi connectivity index (χ1v) is 7.80. The van der Waals surface area contributed by atoms with Crippen molar-refractivity contribution in [2.75, 3.05) is 33.3 Å². The summed E-state index contributed by atoms with van der Waals surface area (Å²) >= 11 is 0. The van der Waals surface area contributed by atoms with E-state index < -0.39 is 0 Å². The van der Waals surface area contributed by atoms with Gasteiger partial charge in [-0.15, -0.1) is 0 Å². The molecular formula is C15H30N2O. The Hall–Kier alpha value is -0.120. The van der Waals surface area contributed by atoms with E-state index in [2.05, 4.69) is 17.1 Å². The van der Waals surface area contributed by atoms with Crippen LogP contribution in [0.15, 0.2) is 0 Å². The Morgan fingerprint density at radius 3 is 2.89 bits per heavy atom. The first-order chi connectivity index (χ1) is 8.81. The fraction of sp³-hybridized carbons (Fsp3) is 1.00. The molecule has 2 saturated heterocycles. The van der Waals surface area contributed by atoms with E-state index in [1.54, 1.807) is 0 Å². The third-order valence-corrected chi connectivity index (χ3v) is 4.63. The Labute approximate surface area is 112 Å². The zero-order valence-electron chi connectivity index (χ0n) is 12.2. The quantitative estimate of drug-likeness (QED) is 0.814. The van der Waals surface area contributed by atoms with Crippen LogP contribution in [-0.2, 0) is 4.74 Å². The van der Waals surface area contributed by atoms with Crippen LogP contribution in [-0.4, -0.2) is 50.3 Å². The zero-order chi connectivity index (χ0) is 12.8. The Morgan fingerprint density at radius 2 is 2.17 bits per heavy atom. The number of ether oxygens (including phenoxy) is 1. The maximum atomic E-state index is 5.42. The Kier molecular flexibility index (Phi) is 5.93. The highest BCUT2D eigenvalue weighted by Crippen LogP contribution is 2.22. The Balaban J connectivity index is 1.70. The van der Waals surface area contributed by atoms with Gasteiger partial charge >= 0.3 is 0 Å². The predicted octanol–water partition coefficient (Wildman–Crippen LogP) is 2.27. The van der Waals surface area contributed by atoms with E-state index in [-0.39, 0.29) is 0 Å². The van der Waals surface area contributed by atoms with E-state index >= 15 is 0 Å². The van der Waals surface area contributed by atoms with E-state index in [0.29, 0.717) is 12.1 Å². The van der Waals surface area contributed by atoms with E-state index in [9.17, 15) is 0 Å². The van der Waals surface area contributed by atoms with Gasteiger partial charge < -0.3 is 15.0 Å². The third kappa shape index (κ3) is 4.22. The van der Waals surface area contributed by atoms with Crippen LogP contribution >= 0.6 is 0 Å². The summed E-state index contributed by atoms with van der Waals surface area (Å²) in [6.45, 7) is 7.18. The standard InChI is InChI=1S/C15H30N2O/c1-3-5-13-6-4-8-17(9-7-13)12-14-10-15(18-2)11-16-14/h13-16H,3-12H2,1-2H3. The van der Waals surface area contributed by atoms with Crippen molar-refractivity contribution in [2.24, 2.45) is 5.92 Å². The molecule has 0 amide bonds. The second-order valence-electron chi connectivity index (χ2n) is 6.08. The lowest BCUT2D eigenvalue weighted by Gasteiger charge is -2.24. The number of hydrogen-bond donors (Lipinski definition) is 1. The fourth-order valence-corrected chi connectivity index (χ4v) is 3.52. The average molecular weight is 254 g/mol. The molecule has 2 fully saturated rings. The first kappa shape index (κ1) is 14.3. The van der Waals surface area contributed by atoms with E-state index in [1.165, 1.54) is 58.2 Å². The fourth-order valence-electron chi connectivity index (χ4n) is 3.52. The molecule has 3 unspecified atom stereocenters. The van der Waals surface area contributed by atoms with Crippen LogP contribution in [0.3, 0.4) is 0 Å². The first-order valence-electron chi connectivity index (χ1n) is 7.80. The monoisotopic (exact) mass is 254 g/mol. The van der Waals surface area contributed by atoms with Gasteiger partial charge in [-0.05, 0) is 44.7 Å². The van der Waals surface area contributed by atoms with Crippen LogP contribution in [0.25, 0.3) is 0 Å². The molecule has 1 N–H and O–H groups in total. The van der Waals surface area contributed by atoms with Crippen LogP contribution < -0.4 is 5.32 Å². The molecule has 2 rings (SSSR count). The lowest BCUT2D eigenvalue weighted by molar-refractivity contribution is 0.115. The number of hydrogen-bond acceptors (Lipinski definition) is 3. The molecule has 0 radical (unpaired) electrons. The summed E-state index contributed by atoms with van der Waals surface area (Å²) in [5.74, 6) is 0.989. The second kappa shape index (κ2) is 7.46. The van der Waals surface area contributed by atoms with Gasteiger partial charge in [0.05, 0.1) is 6.10 Å².